The van der Waals surface area contributed by atoms with Crippen molar-refractivity contribution in [2.24, 2.45) is 0 Å². The van der Waals surface area contributed by atoms with Gasteiger partial charge in [-0.15, -0.1) is 0 Å². The van der Waals surface area contributed by atoms with Gasteiger partial charge in [0.25, 0.3) is 0 Å². The van der Waals surface area contributed by atoms with Gasteiger partial charge >= 0.3 is 0 Å². The molecule has 2 aliphatic heterocycles. The van der Waals surface area contributed by atoms with Gasteiger partial charge in [-0.1, -0.05) is 0 Å². The smallest absolute Gasteiger partial charge is 0.225 e. The fourth-order valence-electron chi connectivity index (χ4n) is 4.69. The average molecular weight is 420 g/mol. The Kier molecular flexibility index (Phi) is 5.29. The van der Waals surface area contributed by atoms with Gasteiger partial charge in [0.1, 0.15) is 17.4 Å². The summed E-state index contributed by atoms with van der Waals surface area (Å²) in [6.07, 6.45) is 6.10. The van der Waals surface area contributed by atoms with Crippen LogP contribution in [0.2, 0.25) is 5.28 Å². The minimum Gasteiger partial charge on any atom is -0.393 e. The van der Waals surface area contributed by atoms with Crippen LogP contribution in [0.25, 0.3) is 11.0 Å². The van der Waals surface area contributed by atoms with Crippen LogP contribution in [0.3, 0.4) is 0 Å². The summed E-state index contributed by atoms with van der Waals surface area (Å²) in [5.74, 6) is 1.34. The van der Waals surface area contributed by atoms with Crippen LogP contribution in [-0.4, -0.2) is 60.3 Å². The van der Waals surface area contributed by atoms with E-state index in [-0.39, 0.29) is 22.5 Å². The lowest BCUT2D eigenvalue weighted by atomic mass is 9.81. The second-order valence-electron chi connectivity index (χ2n) is 9.38. The molecule has 2 fully saturated rings. The van der Waals surface area contributed by atoms with Gasteiger partial charge in [0.2, 0.25) is 5.28 Å². The van der Waals surface area contributed by atoms with Crippen LogP contribution in [0.5, 0.6) is 0 Å². The third-order valence-corrected chi connectivity index (χ3v) is 6.37. The molecule has 2 N–H and O–H groups in total. The van der Waals surface area contributed by atoms with Crippen LogP contribution in [0.1, 0.15) is 59.8 Å². The number of hydrogen-bond donors (Lipinski definition) is 2. The highest BCUT2D eigenvalue weighted by Gasteiger charge is 2.42. The first kappa shape index (κ1) is 20.5. The number of hydrazine groups is 1. The molecule has 4 heterocycles. The number of fused-ring (bicyclic) bond motifs is 1. The molecule has 8 nitrogen and oxygen atoms in total. The molecule has 0 radical (unpaired) electrons. The van der Waals surface area contributed by atoms with Crippen molar-refractivity contribution in [3.05, 3.63) is 11.6 Å². The molecule has 29 heavy (non-hydrogen) atoms. The fraction of sp³-hybridized carbons (Fsp3) is 0.700. The number of aromatic nitrogens is 4. The molecule has 0 atom stereocenters. The Bertz CT molecular complexity index is 880. The zero-order valence-electron chi connectivity index (χ0n) is 17.6. The highest BCUT2D eigenvalue weighted by Crippen LogP contribution is 2.39. The summed E-state index contributed by atoms with van der Waals surface area (Å²) in [6.45, 7) is 10.4. The normalized spacial score (nSPS) is 22.8. The molecule has 0 unspecified atom stereocenters. The van der Waals surface area contributed by atoms with Crippen LogP contribution in [0, 0.1) is 0 Å². The third kappa shape index (κ3) is 3.98. The van der Waals surface area contributed by atoms with Gasteiger partial charge < -0.3 is 15.4 Å². The first-order chi connectivity index (χ1) is 13.7. The second kappa shape index (κ2) is 7.49. The topological polar surface area (TPSA) is 90.3 Å². The molecular weight excluding hydrogens is 390 g/mol. The number of piperidine rings is 2. The van der Waals surface area contributed by atoms with E-state index in [2.05, 4.69) is 63.0 Å². The predicted molar refractivity (Wildman–Crippen MR) is 115 cm³/mol. The molecule has 2 saturated heterocycles. The lowest BCUT2D eigenvalue weighted by Gasteiger charge is -2.52. The van der Waals surface area contributed by atoms with Crippen molar-refractivity contribution in [1.82, 2.24) is 24.9 Å². The molecule has 0 spiro atoms. The van der Waals surface area contributed by atoms with Crippen LogP contribution in [-0.2, 0) is 0 Å². The van der Waals surface area contributed by atoms with Crippen LogP contribution < -0.4 is 10.3 Å². The predicted octanol–water partition coefficient (Wildman–Crippen LogP) is 3.40. The Morgan fingerprint density at radius 3 is 2.34 bits per heavy atom. The van der Waals surface area contributed by atoms with Crippen LogP contribution in [0.4, 0.5) is 11.6 Å². The van der Waals surface area contributed by atoms with Gasteiger partial charge in [-0.05, 0) is 71.4 Å². The molecule has 2 aromatic rings. The highest BCUT2D eigenvalue weighted by atomic mass is 35.5. The molecule has 2 aliphatic rings. The molecule has 0 bridgehead atoms. The van der Waals surface area contributed by atoms with E-state index in [0.717, 1.165) is 12.8 Å². The number of hydrogen-bond acceptors (Lipinski definition) is 8. The van der Waals surface area contributed by atoms with Crippen molar-refractivity contribution >= 4 is 34.3 Å². The van der Waals surface area contributed by atoms with Gasteiger partial charge in [0.15, 0.2) is 11.6 Å². The van der Waals surface area contributed by atoms with E-state index in [9.17, 15) is 5.11 Å². The molecule has 0 amide bonds. The summed E-state index contributed by atoms with van der Waals surface area (Å²) in [6, 6.07) is 0. The van der Waals surface area contributed by atoms with Gasteiger partial charge in [-0.25, -0.2) is 20.0 Å². The van der Waals surface area contributed by atoms with E-state index in [4.69, 9.17) is 11.6 Å². The Morgan fingerprint density at radius 1 is 1.03 bits per heavy atom. The zero-order chi connectivity index (χ0) is 20.8. The van der Waals surface area contributed by atoms with Crippen molar-refractivity contribution in [3.8, 4) is 0 Å². The first-order valence-corrected chi connectivity index (χ1v) is 10.7. The number of nitrogens with zero attached hydrogens (tertiary/aromatic N) is 6. The van der Waals surface area contributed by atoms with Gasteiger partial charge in [0, 0.05) is 24.2 Å². The minimum absolute atomic E-state index is 0.0261. The number of aliphatic hydroxyl groups excluding tert-OH is 1. The summed E-state index contributed by atoms with van der Waals surface area (Å²) in [5, 5.41) is 12.3. The highest BCUT2D eigenvalue weighted by molar-refractivity contribution is 6.29. The Balaban J connectivity index is 1.74. The summed E-state index contributed by atoms with van der Waals surface area (Å²) < 4.78 is 0. The van der Waals surface area contributed by atoms with Crippen molar-refractivity contribution in [3.63, 3.8) is 0 Å². The van der Waals surface area contributed by atoms with Crippen molar-refractivity contribution < 1.29 is 5.11 Å². The number of nitrogens with one attached hydrogen (secondary N) is 1. The number of anilines is 2. The Labute approximate surface area is 176 Å². The van der Waals surface area contributed by atoms with E-state index < -0.39 is 0 Å². The molecule has 9 heteroatoms. The average Bonchev–Trinajstić information content (AvgIpc) is 2.64. The molecule has 4 rings (SSSR count). The van der Waals surface area contributed by atoms with Gasteiger partial charge in [-0.2, -0.15) is 4.98 Å². The summed E-state index contributed by atoms with van der Waals surface area (Å²) in [5.41, 5.74) is 4.78. The van der Waals surface area contributed by atoms with Crippen molar-refractivity contribution in [1.29, 1.82) is 0 Å². The fourth-order valence-corrected chi connectivity index (χ4v) is 4.86. The lowest BCUT2D eigenvalue weighted by molar-refractivity contribution is -0.00342. The zero-order valence-corrected chi connectivity index (χ0v) is 18.4. The van der Waals surface area contributed by atoms with E-state index in [0.29, 0.717) is 48.6 Å². The van der Waals surface area contributed by atoms with E-state index >= 15 is 0 Å². The largest absolute Gasteiger partial charge is 0.393 e. The summed E-state index contributed by atoms with van der Waals surface area (Å²) in [7, 11) is 0. The number of rotatable bonds is 3. The lowest BCUT2D eigenvalue weighted by Crippen LogP contribution is -2.61. The Hall–Kier alpha value is -1.77. The summed E-state index contributed by atoms with van der Waals surface area (Å²) in [4.78, 5) is 20.0. The van der Waals surface area contributed by atoms with Gasteiger partial charge in [-0.3, -0.25) is 0 Å². The SMILES string of the molecule is CC1(C)CCCC(C)(C)N1Nc1ncnc2c(N3CCC(O)CC3)nc(Cl)nc12. The maximum atomic E-state index is 9.84. The van der Waals surface area contributed by atoms with Crippen molar-refractivity contribution in [2.45, 2.75) is 77.0 Å². The van der Waals surface area contributed by atoms with E-state index in [1.807, 2.05) is 0 Å². The maximum Gasteiger partial charge on any atom is 0.225 e. The van der Waals surface area contributed by atoms with Crippen LogP contribution >= 0.6 is 11.6 Å². The van der Waals surface area contributed by atoms with Crippen LogP contribution in [0.15, 0.2) is 6.33 Å². The molecule has 0 aromatic carbocycles. The monoisotopic (exact) mass is 419 g/mol. The molecule has 2 aromatic heterocycles. The maximum absolute atomic E-state index is 9.84. The molecule has 0 aliphatic carbocycles. The van der Waals surface area contributed by atoms with Crippen molar-refractivity contribution in [2.75, 3.05) is 23.4 Å². The number of halogens is 1. The third-order valence-electron chi connectivity index (χ3n) is 6.21. The molecule has 158 valence electrons. The van der Waals surface area contributed by atoms with E-state index in [1.165, 1.54) is 6.42 Å². The molecule has 0 saturated carbocycles. The standard InChI is InChI=1S/C20H30ClN7O/c1-19(2)8-5-9-20(3,4)28(19)26-16-14-15(22-12-23-16)17(25-18(21)24-14)27-10-6-13(29)7-11-27/h12-13,29H,5-11H2,1-4H3,(H,22,23,26). The first-order valence-electron chi connectivity index (χ1n) is 10.4. The quantitative estimate of drug-likeness (QED) is 0.731. The minimum atomic E-state index is -0.259. The Morgan fingerprint density at radius 2 is 1.69 bits per heavy atom. The number of aliphatic hydroxyl groups is 1. The molecular formula is C20H30ClN7O. The second-order valence-corrected chi connectivity index (χ2v) is 9.72. The summed E-state index contributed by atoms with van der Waals surface area (Å²) >= 11 is 6.30. The van der Waals surface area contributed by atoms with Gasteiger partial charge in [0.05, 0.1) is 6.10 Å². The van der Waals surface area contributed by atoms with E-state index in [1.54, 1.807) is 6.33 Å².